The van der Waals surface area contributed by atoms with Gasteiger partial charge in [0.25, 0.3) is 5.56 Å². The molecule has 1 N–H and O–H groups in total. The largest absolute Gasteiger partial charge is 0.324 e. The van der Waals surface area contributed by atoms with Gasteiger partial charge in [0.15, 0.2) is 0 Å². The second-order valence-corrected chi connectivity index (χ2v) is 4.43. The highest BCUT2D eigenvalue weighted by Crippen LogP contribution is 2.22. The van der Waals surface area contributed by atoms with Gasteiger partial charge in [0.05, 0.1) is 0 Å². The van der Waals surface area contributed by atoms with Crippen molar-refractivity contribution in [2.75, 3.05) is 0 Å². The van der Waals surface area contributed by atoms with Crippen LogP contribution in [-0.4, -0.2) is 4.98 Å². The summed E-state index contributed by atoms with van der Waals surface area (Å²) in [5.74, 6) is 0. The van der Waals surface area contributed by atoms with E-state index in [1.807, 2.05) is 33.8 Å². The summed E-state index contributed by atoms with van der Waals surface area (Å²) in [5.41, 5.74) is 1.62. The quantitative estimate of drug-likeness (QED) is 0.678. The second-order valence-electron chi connectivity index (χ2n) is 4.43. The predicted octanol–water partition coefficient (Wildman–Crippen LogP) is 1.85. The number of aromatic amines is 1. The molecule has 0 bridgehead atoms. The van der Waals surface area contributed by atoms with Gasteiger partial charge in [-0.05, 0) is 18.6 Å². The zero-order valence-corrected chi connectivity index (χ0v) is 8.93. The van der Waals surface area contributed by atoms with Crippen molar-refractivity contribution in [2.45, 2.75) is 33.1 Å². The van der Waals surface area contributed by atoms with E-state index in [0.29, 0.717) is 0 Å². The molecule has 0 aliphatic rings. The van der Waals surface area contributed by atoms with Gasteiger partial charge in [0, 0.05) is 11.1 Å². The molecule has 74 valence electrons. The van der Waals surface area contributed by atoms with Crippen LogP contribution in [0.4, 0.5) is 0 Å². The molecule has 0 aliphatic carbocycles. The van der Waals surface area contributed by atoms with Crippen LogP contribution < -0.4 is 5.56 Å². The minimum Gasteiger partial charge on any atom is -0.324 e. The van der Waals surface area contributed by atoms with Gasteiger partial charge in [-0.3, -0.25) is 4.79 Å². The third kappa shape index (κ3) is 1.85. The molecule has 0 saturated heterocycles. The first-order chi connectivity index (χ1) is 6.36. The van der Waals surface area contributed by atoms with E-state index in [2.05, 4.69) is 4.98 Å². The minimum absolute atomic E-state index is 0.1000. The van der Waals surface area contributed by atoms with Gasteiger partial charge >= 0.3 is 0 Å². The van der Waals surface area contributed by atoms with E-state index < -0.39 is 0 Å². The smallest absolute Gasteiger partial charge is 0.266 e. The van der Waals surface area contributed by atoms with Crippen LogP contribution in [0.2, 0.25) is 0 Å². The highest BCUT2D eigenvalue weighted by molar-refractivity contribution is 5.34. The number of nitrogens with one attached hydrogen (secondary N) is 1. The Balaban J connectivity index is 3.47. The fraction of sp³-hybridized carbons (Fsp3) is 0.455. The zero-order chi connectivity index (χ0) is 10.9. The highest BCUT2D eigenvalue weighted by atomic mass is 16.1. The molecular weight excluding hydrogens is 176 g/mol. The Labute approximate surface area is 83.4 Å². The lowest BCUT2D eigenvalue weighted by molar-refractivity contribution is 0.562. The fourth-order valence-corrected chi connectivity index (χ4v) is 1.50. The molecule has 1 rings (SSSR count). The number of rotatable bonds is 0. The molecule has 0 spiro atoms. The number of aryl methyl sites for hydroxylation is 1. The van der Waals surface area contributed by atoms with E-state index in [4.69, 9.17) is 5.26 Å². The number of H-pyrrole nitrogens is 1. The molecule has 0 saturated carbocycles. The zero-order valence-electron chi connectivity index (χ0n) is 8.93. The molecule has 3 nitrogen and oxygen atoms in total. The Morgan fingerprint density at radius 2 is 2.00 bits per heavy atom. The Morgan fingerprint density at radius 3 is 2.43 bits per heavy atom. The number of hydrogen-bond acceptors (Lipinski definition) is 2. The molecule has 0 fully saturated rings. The van der Waals surface area contributed by atoms with E-state index in [-0.39, 0.29) is 16.5 Å². The molecule has 3 heteroatoms. The van der Waals surface area contributed by atoms with Gasteiger partial charge in [-0.15, -0.1) is 0 Å². The third-order valence-corrected chi connectivity index (χ3v) is 2.11. The molecule has 0 amide bonds. The van der Waals surface area contributed by atoms with E-state index >= 15 is 0 Å². The van der Waals surface area contributed by atoms with E-state index in [0.717, 1.165) is 11.3 Å². The van der Waals surface area contributed by atoms with Crippen molar-refractivity contribution < 1.29 is 0 Å². The molecular formula is C11H14N2O. The summed E-state index contributed by atoms with van der Waals surface area (Å²) in [6, 6.07) is 3.51. The van der Waals surface area contributed by atoms with E-state index in [1.165, 1.54) is 0 Å². The van der Waals surface area contributed by atoms with Gasteiger partial charge in [0.2, 0.25) is 0 Å². The Hall–Kier alpha value is -1.56. The Morgan fingerprint density at radius 1 is 1.43 bits per heavy atom. The highest BCUT2D eigenvalue weighted by Gasteiger charge is 2.18. The first kappa shape index (κ1) is 10.5. The van der Waals surface area contributed by atoms with Crippen LogP contribution in [0, 0.1) is 18.3 Å². The number of pyridine rings is 1. The summed E-state index contributed by atoms with van der Waals surface area (Å²) in [7, 11) is 0. The molecule has 1 aromatic rings. The summed E-state index contributed by atoms with van der Waals surface area (Å²) in [6.45, 7) is 7.98. The molecule has 0 aromatic carbocycles. The van der Waals surface area contributed by atoms with E-state index in [9.17, 15) is 4.79 Å². The molecule has 0 atom stereocenters. The second kappa shape index (κ2) is 3.30. The van der Waals surface area contributed by atoms with Gasteiger partial charge in [-0.2, -0.15) is 5.26 Å². The minimum atomic E-state index is -0.303. The molecule has 0 aliphatic heterocycles. The summed E-state index contributed by atoms with van der Waals surface area (Å²) in [5, 5.41) is 8.67. The van der Waals surface area contributed by atoms with Crippen LogP contribution in [0.3, 0.4) is 0 Å². The van der Waals surface area contributed by atoms with Crippen molar-refractivity contribution >= 4 is 0 Å². The Bertz CT molecular complexity index is 444. The predicted molar refractivity (Wildman–Crippen MR) is 55.2 cm³/mol. The van der Waals surface area contributed by atoms with Crippen molar-refractivity contribution in [1.82, 2.24) is 4.98 Å². The van der Waals surface area contributed by atoms with Gasteiger partial charge < -0.3 is 4.98 Å². The van der Waals surface area contributed by atoms with Crippen LogP contribution in [0.15, 0.2) is 10.9 Å². The molecule has 1 heterocycles. The van der Waals surface area contributed by atoms with Crippen LogP contribution in [-0.2, 0) is 5.41 Å². The SMILES string of the molecule is Cc1cc(C#N)c(=O)[nH]c1C(C)(C)C. The standard InChI is InChI=1S/C11H14N2O/c1-7-5-8(6-12)10(14)13-9(7)11(2,3)4/h5H,1-4H3,(H,13,14). The third-order valence-electron chi connectivity index (χ3n) is 2.11. The lowest BCUT2D eigenvalue weighted by atomic mass is 9.88. The summed E-state index contributed by atoms with van der Waals surface area (Å²) in [6.07, 6.45) is 0. The summed E-state index contributed by atoms with van der Waals surface area (Å²) >= 11 is 0. The number of nitrogens with zero attached hydrogens (tertiary/aromatic N) is 1. The lowest BCUT2D eigenvalue weighted by Gasteiger charge is -2.20. The van der Waals surface area contributed by atoms with Crippen molar-refractivity contribution in [1.29, 1.82) is 5.26 Å². The Kier molecular flexibility index (Phi) is 2.48. The maximum Gasteiger partial charge on any atom is 0.266 e. The van der Waals surface area contributed by atoms with E-state index in [1.54, 1.807) is 6.07 Å². The molecule has 14 heavy (non-hydrogen) atoms. The number of hydrogen-bond donors (Lipinski definition) is 1. The maximum absolute atomic E-state index is 11.4. The lowest BCUT2D eigenvalue weighted by Crippen LogP contribution is -2.22. The van der Waals surface area contributed by atoms with Crippen molar-refractivity contribution in [3.05, 3.63) is 33.2 Å². The fourth-order valence-electron chi connectivity index (χ4n) is 1.50. The summed E-state index contributed by atoms with van der Waals surface area (Å²) < 4.78 is 0. The molecule has 0 radical (unpaired) electrons. The maximum atomic E-state index is 11.4. The average molecular weight is 190 g/mol. The van der Waals surface area contributed by atoms with Gasteiger partial charge in [-0.25, -0.2) is 0 Å². The number of aromatic nitrogens is 1. The van der Waals surface area contributed by atoms with Gasteiger partial charge in [-0.1, -0.05) is 20.8 Å². The van der Waals surface area contributed by atoms with Crippen LogP contribution >= 0.6 is 0 Å². The average Bonchev–Trinajstić information content (AvgIpc) is 2.06. The topological polar surface area (TPSA) is 56.6 Å². The van der Waals surface area contributed by atoms with Crippen molar-refractivity contribution in [3.8, 4) is 6.07 Å². The number of nitriles is 1. The molecule has 0 unspecified atom stereocenters. The first-order valence-corrected chi connectivity index (χ1v) is 4.51. The first-order valence-electron chi connectivity index (χ1n) is 4.51. The normalized spacial score (nSPS) is 11.1. The van der Waals surface area contributed by atoms with Gasteiger partial charge in [0.1, 0.15) is 11.6 Å². The monoisotopic (exact) mass is 190 g/mol. The van der Waals surface area contributed by atoms with Crippen molar-refractivity contribution in [2.24, 2.45) is 0 Å². The van der Waals surface area contributed by atoms with Crippen LogP contribution in [0.25, 0.3) is 0 Å². The molecule has 1 aromatic heterocycles. The van der Waals surface area contributed by atoms with Crippen molar-refractivity contribution in [3.63, 3.8) is 0 Å². The van der Waals surface area contributed by atoms with Crippen LogP contribution in [0.5, 0.6) is 0 Å². The van der Waals surface area contributed by atoms with Crippen LogP contribution in [0.1, 0.15) is 37.6 Å². The summed E-state index contributed by atoms with van der Waals surface area (Å²) in [4.78, 5) is 14.1.